The van der Waals surface area contributed by atoms with Crippen molar-refractivity contribution in [1.29, 1.82) is 0 Å². The van der Waals surface area contributed by atoms with E-state index in [9.17, 15) is 28.3 Å². The maximum absolute atomic E-state index is 14.0. The van der Waals surface area contributed by atoms with Crippen LogP contribution in [0.1, 0.15) is 66.1 Å². The summed E-state index contributed by atoms with van der Waals surface area (Å²) in [7, 11) is 0. The lowest BCUT2D eigenvalue weighted by molar-refractivity contribution is 0.0203. The SMILES string of the molecule is CCCCOc1c2n(cc(C(=O)NCc3ccc(F)cc3F)c1=O)[C@@H]1CN(C2=O)[C@@H](C)C=C[C@]1(C)O. The molecule has 0 saturated heterocycles. The molecule has 1 aromatic heterocycles. The normalized spacial score (nSPS) is 22.7. The maximum atomic E-state index is 14.0. The Hall–Kier alpha value is -3.53. The minimum absolute atomic E-state index is 0.0238. The first-order valence-electron chi connectivity index (χ1n) is 11.9. The van der Waals surface area contributed by atoms with Gasteiger partial charge in [0.15, 0.2) is 11.4 Å². The summed E-state index contributed by atoms with van der Waals surface area (Å²) >= 11 is 0. The first-order chi connectivity index (χ1) is 17.0. The maximum Gasteiger partial charge on any atom is 0.275 e. The molecule has 2 aliphatic heterocycles. The molecule has 0 aliphatic carbocycles. The first kappa shape index (κ1) is 25.6. The smallest absolute Gasteiger partial charge is 0.275 e. The summed E-state index contributed by atoms with van der Waals surface area (Å²) in [5.41, 5.74) is -2.46. The predicted octanol–water partition coefficient (Wildman–Crippen LogP) is 2.94. The molecular formula is C26H29F2N3O5. The molecule has 2 bridgehead atoms. The summed E-state index contributed by atoms with van der Waals surface area (Å²) in [6.45, 7) is 5.39. The number of hydrogen-bond acceptors (Lipinski definition) is 5. The average Bonchev–Trinajstić information content (AvgIpc) is 2.93. The number of unbranched alkanes of at least 4 members (excludes halogenated alkanes) is 1. The summed E-state index contributed by atoms with van der Waals surface area (Å²) < 4.78 is 34.5. The predicted molar refractivity (Wildman–Crippen MR) is 128 cm³/mol. The third kappa shape index (κ3) is 4.65. The molecule has 0 fully saturated rings. The molecule has 0 radical (unpaired) electrons. The number of nitrogens with zero attached hydrogens (tertiary/aromatic N) is 2. The highest BCUT2D eigenvalue weighted by Gasteiger charge is 2.45. The zero-order valence-electron chi connectivity index (χ0n) is 20.4. The van der Waals surface area contributed by atoms with Crippen LogP contribution in [-0.4, -0.2) is 51.2 Å². The van der Waals surface area contributed by atoms with Crippen molar-refractivity contribution >= 4 is 11.8 Å². The lowest BCUT2D eigenvalue weighted by Gasteiger charge is -2.41. The van der Waals surface area contributed by atoms with Gasteiger partial charge in [0.1, 0.15) is 22.8 Å². The van der Waals surface area contributed by atoms with Crippen LogP contribution in [0.25, 0.3) is 0 Å². The van der Waals surface area contributed by atoms with Crippen LogP contribution in [-0.2, 0) is 6.54 Å². The van der Waals surface area contributed by atoms with Crippen molar-refractivity contribution in [2.75, 3.05) is 13.2 Å². The van der Waals surface area contributed by atoms with E-state index in [0.717, 1.165) is 12.5 Å². The molecule has 10 heteroatoms. The largest absolute Gasteiger partial charge is 0.487 e. The first-order valence-corrected chi connectivity index (χ1v) is 11.9. The Kier molecular flexibility index (Phi) is 6.99. The molecule has 2 N–H and O–H groups in total. The number of fused-ring (bicyclic) bond motifs is 4. The summed E-state index contributed by atoms with van der Waals surface area (Å²) in [5.74, 6) is -3.09. The van der Waals surface area contributed by atoms with Crippen molar-refractivity contribution in [2.24, 2.45) is 0 Å². The summed E-state index contributed by atoms with van der Waals surface area (Å²) in [6.07, 6.45) is 5.99. The minimum Gasteiger partial charge on any atom is -0.487 e. The number of aromatic nitrogens is 1. The van der Waals surface area contributed by atoms with Gasteiger partial charge in [-0.3, -0.25) is 14.4 Å². The molecule has 2 amide bonds. The van der Waals surface area contributed by atoms with E-state index in [1.54, 1.807) is 24.0 Å². The van der Waals surface area contributed by atoms with E-state index < -0.39 is 40.5 Å². The monoisotopic (exact) mass is 501 g/mol. The van der Waals surface area contributed by atoms with Crippen LogP contribution in [0.2, 0.25) is 0 Å². The van der Waals surface area contributed by atoms with E-state index in [2.05, 4.69) is 5.32 Å². The number of benzene rings is 1. The van der Waals surface area contributed by atoms with Crippen LogP contribution < -0.4 is 15.5 Å². The summed E-state index contributed by atoms with van der Waals surface area (Å²) in [6, 6.07) is 1.96. The average molecular weight is 502 g/mol. The van der Waals surface area contributed by atoms with Crippen LogP contribution in [0.4, 0.5) is 8.78 Å². The molecule has 2 aromatic rings. The fourth-order valence-corrected chi connectivity index (χ4v) is 4.47. The zero-order valence-corrected chi connectivity index (χ0v) is 20.4. The molecule has 3 heterocycles. The second kappa shape index (κ2) is 9.85. The van der Waals surface area contributed by atoms with Crippen molar-refractivity contribution in [3.8, 4) is 5.75 Å². The fourth-order valence-electron chi connectivity index (χ4n) is 4.47. The number of carbonyl (C=O) groups is 2. The lowest BCUT2D eigenvalue weighted by Crippen LogP contribution is -2.52. The fraction of sp³-hybridized carbons (Fsp3) is 0.423. The van der Waals surface area contributed by atoms with Crippen molar-refractivity contribution < 1.29 is 28.2 Å². The van der Waals surface area contributed by atoms with Gasteiger partial charge in [-0.1, -0.05) is 31.6 Å². The van der Waals surface area contributed by atoms with Crippen LogP contribution >= 0.6 is 0 Å². The number of nitrogens with one attached hydrogen (secondary N) is 1. The molecule has 0 spiro atoms. The molecule has 36 heavy (non-hydrogen) atoms. The van der Waals surface area contributed by atoms with Gasteiger partial charge in [0.25, 0.3) is 11.8 Å². The van der Waals surface area contributed by atoms with Crippen molar-refractivity contribution in [1.82, 2.24) is 14.8 Å². The van der Waals surface area contributed by atoms with E-state index in [1.165, 1.54) is 16.8 Å². The number of aliphatic hydroxyl groups is 1. The summed E-state index contributed by atoms with van der Waals surface area (Å²) in [5, 5.41) is 13.7. The van der Waals surface area contributed by atoms with Crippen LogP contribution in [0.3, 0.4) is 0 Å². The second-order valence-electron chi connectivity index (χ2n) is 9.38. The van der Waals surface area contributed by atoms with Crippen LogP contribution in [0.5, 0.6) is 5.75 Å². The Labute approximate surface area is 207 Å². The van der Waals surface area contributed by atoms with E-state index in [1.807, 2.05) is 13.8 Å². The Morgan fingerprint density at radius 1 is 1.31 bits per heavy atom. The quantitative estimate of drug-likeness (QED) is 0.449. The van der Waals surface area contributed by atoms with Crippen molar-refractivity contribution in [3.63, 3.8) is 0 Å². The lowest BCUT2D eigenvalue weighted by atomic mass is 9.93. The van der Waals surface area contributed by atoms with Gasteiger partial charge in [0.05, 0.1) is 12.6 Å². The van der Waals surface area contributed by atoms with Gasteiger partial charge in [-0.25, -0.2) is 8.78 Å². The molecule has 1 aromatic carbocycles. The van der Waals surface area contributed by atoms with E-state index in [-0.39, 0.29) is 48.3 Å². The van der Waals surface area contributed by atoms with Gasteiger partial charge in [-0.2, -0.15) is 0 Å². The molecule has 192 valence electrons. The number of pyridine rings is 1. The molecule has 3 atom stereocenters. The van der Waals surface area contributed by atoms with E-state index in [0.29, 0.717) is 12.5 Å². The molecular weight excluding hydrogens is 472 g/mol. The number of halogens is 2. The van der Waals surface area contributed by atoms with E-state index >= 15 is 0 Å². The van der Waals surface area contributed by atoms with Crippen molar-refractivity contribution in [2.45, 2.75) is 57.8 Å². The van der Waals surface area contributed by atoms with Crippen molar-refractivity contribution in [3.05, 3.63) is 75.2 Å². The number of ether oxygens (including phenoxy) is 1. The van der Waals surface area contributed by atoms with Gasteiger partial charge < -0.3 is 24.6 Å². The van der Waals surface area contributed by atoms with Crippen LogP contribution in [0.15, 0.2) is 41.3 Å². The Balaban J connectivity index is 1.79. The van der Waals surface area contributed by atoms with Gasteiger partial charge >= 0.3 is 0 Å². The van der Waals surface area contributed by atoms with Gasteiger partial charge in [-0.15, -0.1) is 0 Å². The topological polar surface area (TPSA) is 101 Å². The van der Waals surface area contributed by atoms with Gasteiger partial charge in [0, 0.05) is 37.0 Å². The molecule has 4 rings (SSSR count). The molecule has 8 nitrogen and oxygen atoms in total. The summed E-state index contributed by atoms with van der Waals surface area (Å²) in [4.78, 5) is 41.5. The second-order valence-corrected chi connectivity index (χ2v) is 9.38. The highest BCUT2D eigenvalue weighted by molar-refractivity contribution is 5.99. The highest BCUT2D eigenvalue weighted by Crippen LogP contribution is 2.37. The number of rotatable bonds is 7. The van der Waals surface area contributed by atoms with Gasteiger partial charge in [-0.05, 0) is 26.3 Å². The molecule has 0 unspecified atom stereocenters. The van der Waals surface area contributed by atoms with Crippen LogP contribution in [0, 0.1) is 11.6 Å². The number of amides is 2. The van der Waals surface area contributed by atoms with E-state index in [4.69, 9.17) is 4.74 Å². The number of carbonyl (C=O) groups excluding carboxylic acids is 2. The Morgan fingerprint density at radius 3 is 2.75 bits per heavy atom. The zero-order chi connectivity index (χ0) is 26.2. The third-order valence-corrected chi connectivity index (χ3v) is 6.68. The standard InChI is InChI=1S/C26H29F2N3O5/c1-4-5-10-36-23-21-25(34)30-14-20(26(3,35)9-8-15(30)2)31(21)13-18(22(23)32)24(33)29-12-16-6-7-17(27)11-19(16)28/h6-9,11,13,15,20,35H,4-5,10,12,14H2,1-3H3,(H,29,33)/t15-,20+,26-/m0/s1. The minimum atomic E-state index is -1.39. The van der Waals surface area contributed by atoms with Gasteiger partial charge in [0.2, 0.25) is 5.43 Å². The number of hydrogen-bond donors (Lipinski definition) is 2. The molecule has 0 saturated carbocycles. The third-order valence-electron chi connectivity index (χ3n) is 6.68. The molecule has 2 aliphatic rings. The Bertz CT molecular complexity index is 1290. The Morgan fingerprint density at radius 2 is 2.06 bits per heavy atom. The highest BCUT2D eigenvalue weighted by atomic mass is 19.1.